The van der Waals surface area contributed by atoms with Crippen molar-refractivity contribution in [2.75, 3.05) is 4.90 Å². The Kier molecular flexibility index (Phi) is 8.62. The minimum atomic E-state index is -0.485. The number of anilines is 3. The van der Waals surface area contributed by atoms with E-state index < -0.39 is 5.41 Å². The van der Waals surface area contributed by atoms with Gasteiger partial charge in [-0.05, 0) is 132 Å². The molecule has 0 N–H and O–H groups in total. The zero-order valence-electron chi connectivity index (χ0n) is 34.8. The van der Waals surface area contributed by atoms with Crippen LogP contribution in [0, 0.1) is 0 Å². The molecule has 0 unspecified atom stereocenters. The van der Waals surface area contributed by atoms with E-state index >= 15 is 0 Å². The number of fused-ring (bicyclic) bond motifs is 11. The molecule has 1 nitrogen and oxygen atoms in total. The first-order valence-corrected chi connectivity index (χ1v) is 23.6. The Balaban J connectivity index is 1.06. The summed E-state index contributed by atoms with van der Waals surface area (Å²) in [5.74, 6) is 0. The molecular weight excluding hydrogens is 811 g/mol. The Morgan fingerprint density at radius 3 is 1.70 bits per heavy atom. The molecule has 2 aliphatic rings. The van der Waals surface area contributed by atoms with Crippen LogP contribution < -0.4 is 4.90 Å². The Morgan fingerprint density at radius 2 is 0.938 bits per heavy atom. The van der Waals surface area contributed by atoms with Gasteiger partial charge in [-0.15, -0.1) is 11.3 Å². The Morgan fingerprint density at radius 1 is 0.359 bits per heavy atom. The van der Waals surface area contributed by atoms with Crippen LogP contribution in [-0.4, -0.2) is 0 Å². The number of nitrogens with zero attached hydrogens (tertiary/aromatic N) is 1. The highest BCUT2D eigenvalue weighted by molar-refractivity contribution is 7.99. The molecule has 64 heavy (non-hydrogen) atoms. The molecule has 1 aromatic heterocycles. The molecule has 0 saturated heterocycles. The molecule has 1 aliphatic carbocycles. The predicted molar refractivity (Wildman–Crippen MR) is 272 cm³/mol. The second-order valence-corrected chi connectivity index (χ2v) is 18.8. The van der Waals surface area contributed by atoms with Crippen molar-refractivity contribution in [1.82, 2.24) is 0 Å². The minimum Gasteiger partial charge on any atom is -0.309 e. The van der Waals surface area contributed by atoms with Gasteiger partial charge in [-0.2, -0.15) is 0 Å². The average Bonchev–Trinajstić information content (AvgIpc) is 3.96. The van der Waals surface area contributed by atoms with Crippen LogP contribution in [0.15, 0.2) is 246 Å². The molecule has 11 aromatic rings. The minimum absolute atomic E-state index is 0.485. The van der Waals surface area contributed by atoms with Gasteiger partial charge in [0, 0.05) is 31.3 Å². The molecule has 0 amide bonds. The molecule has 0 fully saturated rings. The fourth-order valence-corrected chi connectivity index (χ4v) is 12.7. The summed E-state index contributed by atoms with van der Waals surface area (Å²) in [4.78, 5) is 5.14. The van der Waals surface area contributed by atoms with E-state index in [1.54, 1.807) is 11.3 Å². The van der Waals surface area contributed by atoms with Gasteiger partial charge in [0.1, 0.15) is 0 Å². The van der Waals surface area contributed by atoms with E-state index in [4.69, 9.17) is 0 Å². The van der Waals surface area contributed by atoms with Crippen molar-refractivity contribution >= 4 is 61.0 Å². The van der Waals surface area contributed by atoms with E-state index in [9.17, 15) is 0 Å². The van der Waals surface area contributed by atoms with Crippen LogP contribution in [0.1, 0.15) is 22.3 Å². The van der Waals surface area contributed by atoms with Crippen LogP contribution in [0.3, 0.4) is 0 Å². The SMILES string of the molecule is c1ccc(-c2ccccc2N(c2cccc(-c3ccc(-c4ccc5sccc5c4)c4ccccc34)c2)c2cccc3c2-c2ccccc2C32c3ccccc3Sc3ccccc32)cc1. The first-order valence-electron chi connectivity index (χ1n) is 21.9. The third-order valence-electron chi connectivity index (χ3n) is 13.4. The summed E-state index contributed by atoms with van der Waals surface area (Å²) in [5.41, 5.74) is 18.0. The predicted octanol–water partition coefficient (Wildman–Crippen LogP) is 17.4. The fraction of sp³-hybridized carbons (Fsp3) is 0.0164. The van der Waals surface area contributed by atoms with Gasteiger partial charge in [0.15, 0.2) is 0 Å². The van der Waals surface area contributed by atoms with Crippen molar-refractivity contribution < 1.29 is 0 Å². The lowest BCUT2D eigenvalue weighted by Crippen LogP contribution is -2.32. The van der Waals surface area contributed by atoms with Crippen molar-refractivity contribution in [3.05, 3.63) is 258 Å². The number of rotatable bonds is 6. The molecule has 0 saturated carbocycles. The maximum absolute atomic E-state index is 2.53. The number of thiophene rings is 1. The largest absolute Gasteiger partial charge is 0.309 e. The maximum atomic E-state index is 2.53. The van der Waals surface area contributed by atoms with Crippen LogP contribution in [0.25, 0.3) is 65.4 Å². The molecule has 1 spiro atoms. The van der Waals surface area contributed by atoms with E-state index in [-0.39, 0.29) is 0 Å². The standard InChI is InChI=1S/C61H39NS2/c1-2-16-40(17-3-1)47-20-7-11-28-55(47)62(44-19-14-18-41(39-44)45-33-34-46(49-22-5-4-21-48(45)49)42-32-35-57-43(38-42)36-37-63-57)56-29-15-27-54-60(56)50-23-6-8-24-51(50)61(54)52-25-9-12-30-58(52)64-59-31-13-10-26-53(59)61/h1-39H. The highest BCUT2D eigenvalue weighted by Crippen LogP contribution is 2.64. The topological polar surface area (TPSA) is 3.24 Å². The van der Waals surface area contributed by atoms with Crippen LogP contribution in [-0.2, 0) is 5.41 Å². The van der Waals surface area contributed by atoms with Gasteiger partial charge in [-0.25, -0.2) is 0 Å². The summed E-state index contributed by atoms with van der Waals surface area (Å²) in [6.45, 7) is 0. The molecule has 3 heteroatoms. The molecule has 0 bridgehead atoms. The van der Waals surface area contributed by atoms with Gasteiger partial charge in [0.25, 0.3) is 0 Å². The maximum Gasteiger partial charge on any atom is 0.0736 e. The summed E-state index contributed by atoms with van der Waals surface area (Å²) in [6, 6.07) is 85.9. The summed E-state index contributed by atoms with van der Waals surface area (Å²) < 4.78 is 1.31. The van der Waals surface area contributed by atoms with E-state index in [0.717, 1.165) is 17.1 Å². The highest BCUT2D eigenvalue weighted by atomic mass is 32.2. The van der Waals surface area contributed by atoms with Crippen LogP contribution in [0.2, 0.25) is 0 Å². The summed E-state index contributed by atoms with van der Waals surface area (Å²) >= 11 is 3.68. The Labute approximate surface area is 381 Å². The zero-order chi connectivity index (χ0) is 42.2. The number of hydrogen-bond donors (Lipinski definition) is 0. The van der Waals surface area contributed by atoms with Crippen molar-refractivity contribution in [2.45, 2.75) is 15.2 Å². The van der Waals surface area contributed by atoms with E-state index in [1.165, 1.54) is 97.4 Å². The molecule has 2 heterocycles. The normalized spacial score (nSPS) is 13.1. The van der Waals surface area contributed by atoms with Gasteiger partial charge in [0.05, 0.1) is 16.8 Å². The van der Waals surface area contributed by atoms with Crippen LogP contribution >= 0.6 is 23.1 Å². The number of hydrogen-bond acceptors (Lipinski definition) is 3. The zero-order valence-corrected chi connectivity index (χ0v) is 36.4. The Bertz CT molecular complexity index is 3570. The summed E-state index contributed by atoms with van der Waals surface area (Å²) in [7, 11) is 0. The number of benzene rings is 10. The van der Waals surface area contributed by atoms with Crippen LogP contribution in [0.4, 0.5) is 17.1 Å². The molecule has 13 rings (SSSR count). The lowest BCUT2D eigenvalue weighted by atomic mass is 9.67. The monoisotopic (exact) mass is 849 g/mol. The van der Waals surface area contributed by atoms with Gasteiger partial charge in [-0.1, -0.05) is 188 Å². The second kappa shape index (κ2) is 14.8. The van der Waals surface area contributed by atoms with Gasteiger partial charge in [0.2, 0.25) is 0 Å². The average molecular weight is 850 g/mol. The number of para-hydroxylation sites is 1. The van der Waals surface area contributed by atoms with Crippen molar-refractivity contribution in [3.63, 3.8) is 0 Å². The van der Waals surface area contributed by atoms with Gasteiger partial charge >= 0.3 is 0 Å². The van der Waals surface area contributed by atoms with Crippen LogP contribution in [0.5, 0.6) is 0 Å². The lowest BCUT2D eigenvalue weighted by Gasteiger charge is -2.39. The van der Waals surface area contributed by atoms with E-state index in [1.807, 2.05) is 11.8 Å². The highest BCUT2D eigenvalue weighted by Gasteiger charge is 2.51. The third-order valence-corrected chi connectivity index (χ3v) is 15.5. The van der Waals surface area contributed by atoms with E-state index in [2.05, 4.69) is 241 Å². The summed E-state index contributed by atoms with van der Waals surface area (Å²) in [6.07, 6.45) is 0. The first-order chi connectivity index (χ1) is 31.8. The third kappa shape index (κ3) is 5.58. The Hall–Kier alpha value is -7.43. The molecule has 300 valence electrons. The smallest absolute Gasteiger partial charge is 0.0736 e. The fourth-order valence-electron chi connectivity index (χ4n) is 10.8. The van der Waals surface area contributed by atoms with Gasteiger partial charge in [-0.3, -0.25) is 0 Å². The summed E-state index contributed by atoms with van der Waals surface area (Å²) in [5, 5.41) is 5.96. The van der Waals surface area contributed by atoms with Crippen molar-refractivity contribution in [3.8, 4) is 44.5 Å². The van der Waals surface area contributed by atoms with Crippen molar-refractivity contribution in [2.24, 2.45) is 0 Å². The molecule has 1 aliphatic heterocycles. The first kappa shape index (κ1) is 37.2. The van der Waals surface area contributed by atoms with Gasteiger partial charge < -0.3 is 4.90 Å². The molecule has 0 radical (unpaired) electrons. The molecule has 10 aromatic carbocycles. The van der Waals surface area contributed by atoms with E-state index in [0.29, 0.717) is 0 Å². The van der Waals surface area contributed by atoms with Crippen molar-refractivity contribution in [1.29, 1.82) is 0 Å². The molecule has 0 atom stereocenters. The molecular formula is C61H39NS2. The quantitative estimate of drug-likeness (QED) is 0.164. The lowest BCUT2D eigenvalue weighted by molar-refractivity contribution is 0.722. The second-order valence-electron chi connectivity index (χ2n) is 16.7.